The third kappa shape index (κ3) is 8.95. The number of aromatic nitrogens is 2. The summed E-state index contributed by atoms with van der Waals surface area (Å²) in [6.45, 7) is 5.89. The zero-order valence-electron chi connectivity index (χ0n) is 36.2. The van der Waals surface area contributed by atoms with E-state index >= 15 is 0 Å². The molecule has 4 aromatic heterocycles. The second kappa shape index (κ2) is 19.3. The third-order valence-corrected chi connectivity index (χ3v) is 11.3. The molecule has 0 saturated carbocycles. The van der Waals surface area contributed by atoms with Crippen LogP contribution in [0.2, 0.25) is 0 Å². The van der Waals surface area contributed by atoms with E-state index in [-0.39, 0.29) is 45.2 Å². The molecule has 0 radical (unpaired) electrons. The normalized spacial score (nSPS) is 11.2. The molecule has 66 heavy (non-hydrogen) atoms. The van der Waals surface area contributed by atoms with Crippen LogP contribution in [0.4, 0.5) is 11.4 Å². The number of carboxylic acids is 2. The van der Waals surface area contributed by atoms with Gasteiger partial charge in [0.1, 0.15) is 24.7 Å². The molecule has 0 unspecified atom stereocenters. The average molecular weight is 887 g/mol. The minimum absolute atomic E-state index is 0.0884. The fourth-order valence-electron chi connectivity index (χ4n) is 8.19. The Balaban J connectivity index is 0.788. The lowest BCUT2D eigenvalue weighted by molar-refractivity contribution is 0.0273. The van der Waals surface area contributed by atoms with Gasteiger partial charge in [0, 0.05) is 46.0 Å². The fourth-order valence-corrected chi connectivity index (χ4v) is 8.19. The maximum Gasteiger partial charge on any atom is 0.337 e. The van der Waals surface area contributed by atoms with Gasteiger partial charge in [-0.1, -0.05) is 36.4 Å². The minimum Gasteiger partial charge on any atom is -0.491 e. The second-order valence-corrected chi connectivity index (χ2v) is 15.5. The molecule has 0 aliphatic rings. The van der Waals surface area contributed by atoms with Crippen LogP contribution in [0.1, 0.15) is 63.9 Å². The fraction of sp³-hybridized carbons (Fsp3) is 0.154. The van der Waals surface area contributed by atoms with Gasteiger partial charge in [0.2, 0.25) is 11.6 Å². The van der Waals surface area contributed by atoms with Gasteiger partial charge in [0.15, 0.2) is 0 Å². The first-order chi connectivity index (χ1) is 31.9. The molecule has 14 heteroatoms. The van der Waals surface area contributed by atoms with Gasteiger partial charge in [-0.05, 0) is 121 Å². The van der Waals surface area contributed by atoms with Crippen LogP contribution in [0.15, 0.2) is 134 Å². The highest BCUT2D eigenvalue weighted by atomic mass is 16.6. The number of benzene rings is 4. The van der Waals surface area contributed by atoms with Gasteiger partial charge in [-0.3, -0.25) is 9.59 Å². The Morgan fingerprint density at radius 3 is 1.26 bits per heavy atom. The van der Waals surface area contributed by atoms with Crippen molar-refractivity contribution in [1.29, 1.82) is 0 Å². The van der Waals surface area contributed by atoms with Crippen LogP contribution < -0.4 is 20.9 Å². The lowest BCUT2D eigenvalue weighted by Crippen LogP contribution is -2.13. The van der Waals surface area contributed by atoms with Gasteiger partial charge >= 0.3 is 11.9 Å². The Morgan fingerprint density at radius 2 is 0.879 bits per heavy atom. The summed E-state index contributed by atoms with van der Waals surface area (Å²) in [4.78, 5) is 51.0. The van der Waals surface area contributed by atoms with E-state index in [1.807, 2.05) is 120 Å². The summed E-state index contributed by atoms with van der Waals surface area (Å²) in [6, 6.07) is 35.2. The molecular weight excluding hydrogens is 841 g/mol. The van der Waals surface area contributed by atoms with Crippen molar-refractivity contribution >= 4 is 45.9 Å². The number of hydrogen-bond donors (Lipinski definition) is 4. The number of aromatic carboxylic acids is 2. The number of nitrogens with zero attached hydrogens (tertiary/aromatic N) is 2. The maximum atomic E-state index is 13.8. The van der Waals surface area contributed by atoms with Gasteiger partial charge in [0.05, 0.1) is 60.0 Å². The van der Waals surface area contributed by atoms with E-state index in [1.165, 1.54) is 24.3 Å². The number of ketones is 2. The quantitative estimate of drug-likeness (QED) is 0.0342. The molecule has 4 heterocycles. The van der Waals surface area contributed by atoms with Crippen LogP contribution in [0.25, 0.3) is 33.3 Å². The van der Waals surface area contributed by atoms with E-state index in [1.54, 1.807) is 12.1 Å². The number of pyridine rings is 2. The highest BCUT2D eigenvalue weighted by Gasteiger charge is 2.25. The summed E-state index contributed by atoms with van der Waals surface area (Å²) in [5.74, 6) is -1.70. The Morgan fingerprint density at radius 1 is 0.500 bits per heavy atom. The van der Waals surface area contributed by atoms with Crippen molar-refractivity contribution in [2.45, 2.75) is 13.8 Å². The predicted molar refractivity (Wildman–Crippen MR) is 250 cm³/mol. The van der Waals surface area contributed by atoms with E-state index in [0.29, 0.717) is 62.5 Å². The van der Waals surface area contributed by atoms with Gasteiger partial charge in [-0.2, -0.15) is 0 Å². The first-order valence-electron chi connectivity index (χ1n) is 21.1. The molecule has 0 spiro atoms. The zero-order valence-corrected chi connectivity index (χ0v) is 36.2. The largest absolute Gasteiger partial charge is 0.491 e. The number of carboxylic acid groups (broad SMARTS) is 2. The average Bonchev–Trinajstić information content (AvgIpc) is 3.79. The van der Waals surface area contributed by atoms with Crippen molar-refractivity contribution in [2.24, 2.45) is 0 Å². The van der Waals surface area contributed by atoms with Gasteiger partial charge in [-0.15, -0.1) is 0 Å². The first-order valence-corrected chi connectivity index (χ1v) is 21.1. The van der Waals surface area contributed by atoms with Crippen molar-refractivity contribution in [3.63, 3.8) is 0 Å². The Labute approximate surface area is 379 Å². The first kappa shape index (κ1) is 44.4. The second-order valence-electron chi connectivity index (χ2n) is 15.5. The molecule has 14 nitrogen and oxygen atoms in total. The molecule has 0 amide bonds. The number of fused-ring (bicyclic) bond motifs is 2. The number of rotatable bonds is 19. The van der Waals surface area contributed by atoms with Crippen LogP contribution in [-0.4, -0.2) is 82.2 Å². The molecule has 8 rings (SSSR count). The maximum absolute atomic E-state index is 13.8. The third-order valence-electron chi connectivity index (χ3n) is 11.3. The van der Waals surface area contributed by atoms with Crippen LogP contribution in [0.5, 0.6) is 11.5 Å². The molecule has 4 aromatic carbocycles. The highest BCUT2D eigenvalue weighted by molar-refractivity contribution is 6.14. The molecule has 334 valence electrons. The predicted octanol–water partition coefficient (Wildman–Crippen LogP) is 8.66. The minimum atomic E-state index is -1.20. The van der Waals surface area contributed by atoms with Crippen LogP contribution in [-0.2, 0) is 9.47 Å². The lowest BCUT2D eigenvalue weighted by Gasteiger charge is -2.10. The van der Waals surface area contributed by atoms with Crippen molar-refractivity contribution in [1.82, 2.24) is 8.80 Å². The molecule has 0 fully saturated rings. The SMILES string of the molecule is Cc1c(-c2ccc(OCCOCCOCCOc3ccc(-c4c(C)c(C(=O)c5ccc(N)c(C(=O)O)c5)n5ccccc45)cc3)cc2)c2ccccn2c1C(=O)c1ccc(N)c(C(=O)O)c1. The molecule has 0 aliphatic heterocycles. The number of ether oxygens (including phenoxy) is 4. The number of hydrogen-bond acceptors (Lipinski definition) is 10. The van der Waals surface area contributed by atoms with Gasteiger partial charge < -0.3 is 49.4 Å². The topological polar surface area (TPSA) is 207 Å². The van der Waals surface area contributed by atoms with E-state index < -0.39 is 11.9 Å². The lowest BCUT2D eigenvalue weighted by atomic mass is 9.98. The zero-order chi connectivity index (χ0) is 46.5. The van der Waals surface area contributed by atoms with Crippen molar-refractivity contribution in [3.8, 4) is 33.8 Å². The number of carbonyl (C=O) groups is 4. The smallest absolute Gasteiger partial charge is 0.337 e. The summed E-state index contributed by atoms with van der Waals surface area (Å²) in [6.07, 6.45) is 3.63. The summed E-state index contributed by atoms with van der Waals surface area (Å²) in [7, 11) is 0. The Bertz CT molecular complexity index is 2920. The Hall–Kier alpha value is -8.20. The van der Waals surface area contributed by atoms with E-state index in [4.69, 9.17) is 30.4 Å². The van der Waals surface area contributed by atoms with Crippen molar-refractivity contribution < 1.29 is 48.3 Å². The monoisotopic (exact) mass is 886 g/mol. The van der Waals surface area contributed by atoms with Crippen LogP contribution >= 0.6 is 0 Å². The molecule has 8 aromatic rings. The molecule has 0 atom stereocenters. The van der Waals surface area contributed by atoms with E-state index in [2.05, 4.69) is 0 Å². The van der Waals surface area contributed by atoms with E-state index in [9.17, 15) is 29.4 Å². The summed E-state index contributed by atoms with van der Waals surface area (Å²) < 4.78 is 26.9. The molecule has 0 saturated heterocycles. The summed E-state index contributed by atoms with van der Waals surface area (Å²) >= 11 is 0. The van der Waals surface area contributed by atoms with Crippen LogP contribution in [0, 0.1) is 13.8 Å². The number of nitrogens with two attached hydrogens (primary N) is 2. The summed E-state index contributed by atoms with van der Waals surface area (Å²) in [5.41, 5.74) is 19.7. The molecule has 0 aliphatic carbocycles. The van der Waals surface area contributed by atoms with Gasteiger partial charge in [0.25, 0.3) is 0 Å². The van der Waals surface area contributed by atoms with Crippen LogP contribution in [0.3, 0.4) is 0 Å². The van der Waals surface area contributed by atoms with Gasteiger partial charge in [-0.25, -0.2) is 9.59 Å². The summed E-state index contributed by atoms with van der Waals surface area (Å²) in [5, 5.41) is 19.1. The number of nitrogen functional groups attached to an aromatic ring is 2. The number of anilines is 2. The molecule has 6 N–H and O–H groups in total. The van der Waals surface area contributed by atoms with E-state index in [0.717, 1.165) is 44.4 Å². The molecular formula is C52H46N4O10. The Kier molecular flexibility index (Phi) is 13.0. The highest BCUT2D eigenvalue weighted by Crippen LogP contribution is 2.37. The van der Waals surface area contributed by atoms with Crippen molar-refractivity contribution in [2.75, 3.05) is 51.1 Å². The van der Waals surface area contributed by atoms with Crippen molar-refractivity contribution in [3.05, 3.63) is 178 Å². The standard InChI is InChI=1S/C52H46N4O10/c1-31-45(43-7-3-5-21-55(43)47(31)49(57)35-13-19-41(53)39(29-35)51(59)60)33-9-15-37(16-10-33)65-27-25-63-23-24-64-26-28-66-38-17-11-34(12-18-38)46-32(2)48(56-22-6-4-8-44(46)56)50(58)36-14-20-42(54)40(30-36)52(61)62/h3-22,29-30H,23-28,53-54H2,1-2H3,(H,59,60)(H,61,62). The molecule has 0 bridgehead atoms. The number of carbonyl (C=O) groups excluding carboxylic acids is 2.